The number of amides is 1. The molecule has 3 aromatic carbocycles. The van der Waals surface area contributed by atoms with Crippen molar-refractivity contribution in [1.29, 1.82) is 0 Å². The molecule has 4 aromatic rings. The van der Waals surface area contributed by atoms with Crippen LogP contribution in [0.3, 0.4) is 0 Å². The quantitative estimate of drug-likeness (QED) is 0.191. The summed E-state index contributed by atoms with van der Waals surface area (Å²) in [5.74, 6) is -0.613. The zero-order chi connectivity index (χ0) is 27.4. The van der Waals surface area contributed by atoms with Gasteiger partial charge >= 0.3 is 0 Å². The number of aryl methyl sites for hydroxylation is 1. The van der Waals surface area contributed by atoms with Crippen LogP contribution < -0.4 is 9.73 Å². The molecule has 0 aliphatic carbocycles. The highest BCUT2D eigenvalue weighted by atomic mass is 35.5. The van der Waals surface area contributed by atoms with Crippen molar-refractivity contribution in [3.8, 4) is 5.69 Å². The summed E-state index contributed by atoms with van der Waals surface area (Å²) in [6.07, 6.45) is 1.50. The summed E-state index contributed by atoms with van der Waals surface area (Å²) in [6, 6.07) is 21.3. The van der Waals surface area contributed by atoms with Gasteiger partial charge in [-0.2, -0.15) is 5.10 Å². The summed E-state index contributed by atoms with van der Waals surface area (Å²) in [5, 5.41) is 5.50. The van der Waals surface area contributed by atoms with Gasteiger partial charge in [0.25, 0.3) is 15.9 Å². The molecule has 0 aliphatic rings. The maximum atomic E-state index is 13.4. The smallest absolute Gasteiger partial charge is 0.264 e. The second-order valence-corrected chi connectivity index (χ2v) is 11.6. The van der Waals surface area contributed by atoms with Crippen molar-refractivity contribution in [3.05, 3.63) is 111 Å². The monoisotopic (exact) mass is 588 g/mol. The maximum absolute atomic E-state index is 13.4. The highest BCUT2D eigenvalue weighted by Gasteiger charge is 2.27. The topological polar surface area (TPSA) is 83.8 Å². The first-order valence-corrected chi connectivity index (χ1v) is 13.9. The summed E-state index contributed by atoms with van der Waals surface area (Å²) in [6.45, 7) is 3.35. The summed E-state index contributed by atoms with van der Waals surface area (Å²) in [4.78, 5) is 12.8. The minimum absolute atomic E-state index is 0.00983. The van der Waals surface area contributed by atoms with E-state index in [4.69, 9.17) is 34.8 Å². The first kappa shape index (κ1) is 27.7. The summed E-state index contributed by atoms with van der Waals surface area (Å²) < 4.78 is 29.8. The highest BCUT2D eigenvalue weighted by Crippen LogP contribution is 2.27. The molecule has 0 radical (unpaired) electrons. The predicted octanol–water partition coefficient (Wildman–Crippen LogP) is 6.40. The van der Waals surface area contributed by atoms with Crippen molar-refractivity contribution < 1.29 is 13.2 Å². The van der Waals surface area contributed by atoms with E-state index in [1.54, 1.807) is 48.5 Å². The molecular weight excluding hydrogens is 567 g/mol. The van der Waals surface area contributed by atoms with Gasteiger partial charge in [-0.05, 0) is 74.5 Å². The number of aromatic nitrogens is 1. The SMILES string of the molecule is Cc1cc(/C=N\NC(=O)CN(c2ccccc2)S(=O)(=O)c2ccc(Cl)cc2)c(C)n1-c1cc(Cl)cc(Cl)c1. The summed E-state index contributed by atoms with van der Waals surface area (Å²) in [7, 11) is -4.05. The van der Waals surface area contributed by atoms with Crippen molar-refractivity contribution in [2.45, 2.75) is 18.7 Å². The Morgan fingerprint density at radius 2 is 1.55 bits per heavy atom. The number of hydrogen-bond donors (Lipinski definition) is 1. The van der Waals surface area contributed by atoms with Gasteiger partial charge < -0.3 is 4.57 Å². The van der Waals surface area contributed by atoms with E-state index in [-0.39, 0.29) is 4.90 Å². The highest BCUT2D eigenvalue weighted by molar-refractivity contribution is 7.92. The van der Waals surface area contributed by atoms with Crippen molar-refractivity contribution >= 4 is 62.6 Å². The van der Waals surface area contributed by atoms with Gasteiger partial charge in [-0.15, -0.1) is 0 Å². The van der Waals surface area contributed by atoms with Crippen molar-refractivity contribution in [2.75, 3.05) is 10.8 Å². The Morgan fingerprint density at radius 1 is 0.921 bits per heavy atom. The largest absolute Gasteiger partial charge is 0.318 e. The van der Waals surface area contributed by atoms with Crippen LogP contribution in [-0.2, 0) is 14.8 Å². The van der Waals surface area contributed by atoms with Gasteiger partial charge in [-0.25, -0.2) is 13.8 Å². The number of para-hydroxylation sites is 1. The molecule has 0 atom stereocenters. The van der Waals surface area contributed by atoms with Crippen molar-refractivity contribution in [3.63, 3.8) is 0 Å². The third kappa shape index (κ3) is 6.22. The fourth-order valence-corrected chi connectivity index (χ4v) is 6.03. The minimum atomic E-state index is -4.05. The second kappa shape index (κ2) is 11.6. The molecule has 7 nitrogen and oxygen atoms in total. The Bertz CT molecular complexity index is 1580. The lowest BCUT2D eigenvalue weighted by molar-refractivity contribution is -0.119. The van der Waals surface area contributed by atoms with Crippen molar-refractivity contribution in [1.82, 2.24) is 9.99 Å². The van der Waals surface area contributed by atoms with Gasteiger partial charge in [-0.3, -0.25) is 9.10 Å². The van der Waals surface area contributed by atoms with E-state index in [9.17, 15) is 13.2 Å². The van der Waals surface area contributed by atoms with E-state index < -0.39 is 22.5 Å². The molecule has 38 heavy (non-hydrogen) atoms. The number of anilines is 1. The lowest BCUT2D eigenvalue weighted by Crippen LogP contribution is -2.39. The van der Waals surface area contributed by atoms with E-state index in [1.807, 2.05) is 24.5 Å². The second-order valence-electron chi connectivity index (χ2n) is 8.38. The Hall–Kier alpha value is -3.30. The molecular formula is C27H23Cl3N4O3S. The predicted molar refractivity (Wildman–Crippen MR) is 153 cm³/mol. The van der Waals surface area contributed by atoms with E-state index in [0.717, 1.165) is 26.9 Å². The molecule has 0 fully saturated rings. The van der Waals surface area contributed by atoms with Gasteiger partial charge in [-0.1, -0.05) is 53.0 Å². The standard InChI is InChI=1S/C27H23Cl3N4O3S/c1-18-12-20(19(2)34(18)25-14-22(29)13-23(30)15-25)16-31-32-27(35)17-33(24-6-4-3-5-7-24)38(36,37)26-10-8-21(28)9-11-26/h3-16H,17H2,1-2H3,(H,32,35)/b31-16-. The molecule has 196 valence electrons. The first-order chi connectivity index (χ1) is 18.1. The number of hydrogen-bond acceptors (Lipinski definition) is 4. The van der Waals surface area contributed by atoms with Crippen LogP contribution in [0.15, 0.2) is 88.9 Å². The number of hydrazone groups is 1. The van der Waals surface area contributed by atoms with E-state index in [0.29, 0.717) is 20.8 Å². The van der Waals surface area contributed by atoms with Gasteiger partial charge in [0.1, 0.15) is 6.54 Å². The lowest BCUT2D eigenvalue weighted by Gasteiger charge is -2.23. The number of benzene rings is 3. The lowest BCUT2D eigenvalue weighted by atomic mass is 10.2. The molecule has 1 amide bonds. The number of nitrogens with one attached hydrogen (secondary N) is 1. The molecule has 4 rings (SSSR count). The Balaban J connectivity index is 1.54. The molecule has 0 unspecified atom stereocenters. The van der Waals surface area contributed by atoms with Gasteiger partial charge in [0.2, 0.25) is 0 Å². The Morgan fingerprint density at radius 3 is 2.18 bits per heavy atom. The van der Waals surface area contributed by atoms with Crippen LogP contribution in [0.5, 0.6) is 0 Å². The minimum Gasteiger partial charge on any atom is -0.318 e. The zero-order valence-electron chi connectivity index (χ0n) is 20.4. The number of sulfonamides is 1. The Labute approximate surface area is 236 Å². The fourth-order valence-electron chi connectivity index (χ4n) is 3.97. The van der Waals surface area contributed by atoms with Crippen molar-refractivity contribution in [2.24, 2.45) is 5.10 Å². The van der Waals surface area contributed by atoms with Crippen LogP contribution >= 0.6 is 34.8 Å². The van der Waals surface area contributed by atoms with E-state index in [2.05, 4.69) is 10.5 Å². The van der Waals surface area contributed by atoms with Gasteiger partial charge in [0, 0.05) is 37.7 Å². The average Bonchev–Trinajstić information content (AvgIpc) is 3.15. The Kier molecular flexibility index (Phi) is 8.47. The molecule has 1 N–H and O–H groups in total. The normalized spacial score (nSPS) is 11.6. The molecule has 0 bridgehead atoms. The number of halogens is 3. The van der Waals surface area contributed by atoms with Crippen LogP contribution in [0.4, 0.5) is 5.69 Å². The maximum Gasteiger partial charge on any atom is 0.264 e. The molecule has 1 aromatic heterocycles. The molecule has 0 saturated carbocycles. The molecule has 0 aliphatic heterocycles. The number of carbonyl (C=O) groups is 1. The molecule has 11 heteroatoms. The number of carbonyl (C=O) groups excluding carboxylic acids is 1. The molecule has 0 spiro atoms. The first-order valence-electron chi connectivity index (χ1n) is 11.4. The van der Waals surface area contributed by atoms with Crippen LogP contribution in [0.2, 0.25) is 15.1 Å². The number of nitrogens with zero attached hydrogens (tertiary/aromatic N) is 3. The summed E-state index contributed by atoms with van der Waals surface area (Å²) in [5.41, 5.74) is 6.09. The average molecular weight is 590 g/mol. The molecule has 1 heterocycles. The molecule has 0 saturated heterocycles. The van der Waals surface area contributed by atoms with Crippen LogP contribution in [0.1, 0.15) is 17.0 Å². The van der Waals surface area contributed by atoms with Crippen LogP contribution in [0.25, 0.3) is 5.69 Å². The number of rotatable bonds is 8. The van der Waals surface area contributed by atoms with E-state index >= 15 is 0 Å². The third-order valence-corrected chi connectivity index (χ3v) is 8.18. The fraction of sp³-hybridized carbons (Fsp3) is 0.111. The van der Waals surface area contributed by atoms with Gasteiger partial charge in [0.15, 0.2) is 0 Å². The zero-order valence-corrected chi connectivity index (χ0v) is 23.5. The van der Waals surface area contributed by atoms with Crippen LogP contribution in [-0.4, -0.2) is 31.7 Å². The summed E-state index contributed by atoms with van der Waals surface area (Å²) >= 11 is 18.3. The third-order valence-electron chi connectivity index (χ3n) is 5.70. The van der Waals surface area contributed by atoms with Crippen LogP contribution in [0, 0.1) is 13.8 Å². The van der Waals surface area contributed by atoms with E-state index in [1.165, 1.54) is 30.5 Å². The van der Waals surface area contributed by atoms with Gasteiger partial charge in [0.05, 0.1) is 16.8 Å².